The van der Waals surface area contributed by atoms with Gasteiger partial charge in [-0.05, 0) is 30.5 Å². The van der Waals surface area contributed by atoms with Crippen LogP contribution in [0.3, 0.4) is 0 Å². The quantitative estimate of drug-likeness (QED) is 0.859. The Kier molecular flexibility index (Phi) is 2.59. The van der Waals surface area contributed by atoms with E-state index in [0.717, 1.165) is 29.1 Å². The average Bonchev–Trinajstić information content (AvgIpc) is 2.62. The standard InChI is InChI=1S/C14H14ClNO2/c1-16-12-6-8(14(17)18)2-4-10(12)11-5-3-9(15)7-13(11)16/h3,5,7-8H,2,4,6H2,1H3,(H,17,18). The highest BCUT2D eigenvalue weighted by molar-refractivity contribution is 6.31. The van der Waals surface area contributed by atoms with Crippen LogP contribution in [0.1, 0.15) is 17.7 Å². The van der Waals surface area contributed by atoms with Crippen molar-refractivity contribution in [2.45, 2.75) is 19.3 Å². The first-order chi connectivity index (χ1) is 8.58. The molecule has 0 amide bonds. The lowest BCUT2D eigenvalue weighted by Gasteiger charge is -2.20. The minimum Gasteiger partial charge on any atom is -0.481 e. The van der Waals surface area contributed by atoms with E-state index in [2.05, 4.69) is 4.57 Å². The number of fused-ring (bicyclic) bond motifs is 3. The first kappa shape index (κ1) is 11.6. The summed E-state index contributed by atoms with van der Waals surface area (Å²) in [6.07, 6.45) is 2.18. The van der Waals surface area contributed by atoms with Crippen molar-refractivity contribution in [2.75, 3.05) is 0 Å². The van der Waals surface area contributed by atoms with Crippen LogP contribution < -0.4 is 0 Å². The Labute approximate surface area is 110 Å². The third kappa shape index (κ3) is 1.62. The molecule has 1 aliphatic rings. The van der Waals surface area contributed by atoms with E-state index in [1.807, 2.05) is 25.2 Å². The van der Waals surface area contributed by atoms with Crippen LogP contribution in [-0.2, 0) is 24.7 Å². The molecule has 0 aliphatic heterocycles. The Morgan fingerprint density at radius 3 is 3.00 bits per heavy atom. The molecule has 1 atom stereocenters. The first-order valence-electron chi connectivity index (χ1n) is 6.06. The van der Waals surface area contributed by atoms with Gasteiger partial charge >= 0.3 is 5.97 Å². The number of carbonyl (C=O) groups is 1. The highest BCUT2D eigenvalue weighted by Crippen LogP contribution is 2.34. The average molecular weight is 264 g/mol. The van der Waals surface area contributed by atoms with Crippen molar-refractivity contribution in [1.29, 1.82) is 0 Å². The molecule has 4 heteroatoms. The Hall–Kier alpha value is -1.48. The Morgan fingerprint density at radius 1 is 1.50 bits per heavy atom. The van der Waals surface area contributed by atoms with Crippen molar-refractivity contribution in [1.82, 2.24) is 4.57 Å². The lowest BCUT2D eigenvalue weighted by Crippen LogP contribution is -2.23. The van der Waals surface area contributed by atoms with E-state index in [1.165, 1.54) is 10.9 Å². The molecule has 1 heterocycles. The zero-order chi connectivity index (χ0) is 12.9. The second kappa shape index (κ2) is 4.02. The van der Waals surface area contributed by atoms with E-state index in [4.69, 9.17) is 16.7 Å². The molecule has 3 nitrogen and oxygen atoms in total. The van der Waals surface area contributed by atoms with Gasteiger partial charge < -0.3 is 9.67 Å². The van der Waals surface area contributed by atoms with Gasteiger partial charge in [-0.3, -0.25) is 4.79 Å². The number of benzene rings is 1. The highest BCUT2D eigenvalue weighted by atomic mass is 35.5. The molecule has 1 aromatic carbocycles. The van der Waals surface area contributed by atoms with E-state index >= 15 is 0 Å². The van der Waals surface area contributed by atoms with E-state index in [0.29, 0.717) is 6.42 Å². The Morgan fingerprint density at radius 2 is 2.28 bits per heavy atom. The third-order valence-electron chi connectivity index (χ3n) is 3.93. The molecule has 3 rings (SSSR count). The predicted octanol–water partition coefficient (Wildman–Crippen LogP) is 3.02. The van der Waals surface area contributed by atoms with Crippen molar-refractivity contribution in [2.24, 2.45) is 13.0 Å². The molecule has 0 spiro atoms. The van der Waals surface area contributed by atoms with Gasteiger partial charge in [0.15, 0.2) is 0 Å². The van der Waals surface area contributed by atoms with Crippen molar-refractivity contribution < 1.29 is 9.90 Å². The SMILES string of the molecule is Cn1c2c(c3ccc(Cl)cc31)CCC(C(=O)O)C2. The van der Waals surface area contributed by atoms with Gasteiger partial charge in [0.2, 0.25) is 0 Å². The molecule has 1 aliphatic carbocycles. The summed E-state index contributed by atoms with van der Waals surface area (Å²) in [5.41, 5.74) is 3.53. The molecule has 0 radical (unpaired) electrons. The number of carboxylic acids is 1. The summed E-state index contributed by atoms with van der Waals surface area (Å²) >= 11 is 6.03. The summed E-state index contributed by atoms with van der Waals surface area (Å²) in [4.78, 5) is 11.1. The van der Waals surface area contributed by atoms with E-state index < -0.39 is 5.97 Å². The number of rotatable bonds is 1. The van der Waals surface area contributed by atoms with Gasteiger partial charge in [-0.25, -0.2) is 0 Å². The second-order valence-corrected chi connectivity index (χ2v) is 5.36. The zero-order valence-corrected chi connectivity index (χ0v) is 10.9. The Balaban J connectivity index is 2.18. The van der Waals surface area contributed by atoms with Crippen molar-refractivity contribution in [3.63, 3.8) is 0 Å². The van der Waals surface area contributed by atoms with Gasteiger partial charge in [-0.1, -0.05) is 17.7 Å². The maximum absolute atomic E-state index is 11.1. The van der Waals surface area contributed by atoms with Crippen LogP contribution in [-0.4, -0.2) is 15.6 Å². The summed E-state index contributed by atoms with van der Waals surface area (Å²) < 4.78 is 2.09. The fourth-order valence-corrected chi connectivity index (χ4v) is 3.11. The zero-order valence-electron chi connectivity index (χ0n) is 10.1. The number of aliphatic carboxylic acids is 1. The normalized spacial score (nSPS) is 18.9. The molecular weight excluding hydrogens is 250 g/mol. The molecule has 0 saturated heterocycles. The van der Waals surface area contributed by atoms with Gasteiger partial charge in [0.1, 0.15) is 0 Å². The van der Waals surface area contributed by atoms with Gasteiger partial charge in [0, 0.05) is 35.1 Å². The number of aryl methyl sites for hydroxylation is 2. The minimum absolute atomic E-state index is 0.254. The third-order valence-corrected chi connectivity index (χ3v) is 4.17. The molecule has 1 aromatic heterocycles. The summed E-state index contributed by atoms with van der Waals surface area (Å²) in [6.45, 7) is 0. The van der Waals surface area contributed by atoms with E-state index in [9.17, 15) is 4.79 Å². The molecule has 0 saturated carbocycles. The smallest absolute Gasteiger partial charge is 0.306 e. The number of carboxylic acid groups (broad SMARTS) is 1. The summed E-state index contributed by atoms with van der Waals surface area (Å²) in [6, 6.07) is 5.88. The lowest BCUT2D eigenvalue weighted by molar-refractivity contribution is -0.142. The van der Waals surface area contributed by atoms with Crippen molar-refractivity contribution in [3.05, 3.63) is 34.5 Å². The van der Waals surface area contributed by atoms with Crippen LogP contribution in [0.25, 0.3) is 10.9 Å². The molecule has 1 N–H and O–H groups in total. The number of halogens is 1. The van der Waals surface area contributed by atoms with Gasteiger partial charge in [0.05, 0.1) is 5.92 Å². The van der Waals surface area contributed by atoms with Crippen LogP contribution in [0.4, 0.5) is 0 Å². The van der Waals surface area contributed by atoms with Gasteiger partial charge in [-0.2, -0.15) is 0 Å². The van der Waals surface area contributed by atoms with Crippen molar-refractivity contribution in [3.8, 4) is 0 Å². The number of nitrogens with zero attached hydrogens (tertiary/aromatic N) is 1. The fraction of sp³-hybridized carbons (Fsp3) is 0.357. The Bertz CT molecular complexity index is 645. The van der Waals surface area contributed by atoms with Crippen LogP contribution in [0.15, 0.2) is 18.2 Å². The monoisotopic (exact) mass is 263 g/mol. The molecule has 2 aromatic rings. The van der Waals surface area contributed by atoms with Crippen LogP contribution in [0.5, 0.6) is 0 Å². The van der Waals surface area contributed by atoms with E-state index in [-0.39, 0.29) is 5.92 Å². The summed E-state index contributed by atoms with van der Waals surface area (Å²) in [5.74, 6) is -0.945. The first-order valence-corrected chi connectivity index (χ1v) is 6.44. The molecule has 18 heavy (non-hydrogen) atoms. The fourth-order valence-electron chi connectivity index (χ4n) is 2.94. The minimum atomic E-state index is -0.691. The number of hydrogen-bond donors (Lipinski definition) is 1. The van der Waals surface area contributed by atoms with Crippen LogP contribution >= 0.6 is 11.6 Å². The van der Waals surface area contributed by atoms with Crippen LogP contribution in [0, 0.1) is 5.92 Å². The lowest BCUT2D eigenvalue weighted by atomic mass is 9.87. The number of aromatic nitrogens is 1. The largest absolute Gasteiger partial charge is 0.481 e. The van der Waals surface area contributed by atoms with Crippen LogP contribution in [0.2, 0.25) is 5.02 Å². The summed E-state index contributed by atoms with van der Waals surface area (Å²) in [7, 11) is 1.99. The molecule has 0 fully saturated rings. The number of hydrogen-bond acceptors (Lipinski definition) is 1. The van der Waals surface area contributed by atoms with Gasteiger partial charge in [0.25, 0.3) is 0 Å². The topological polar surface area (TPSA) is 42.2 Å². The molecule has 94 valence electrons. The maximum Gasteiger partial charge on any atom is 0.306 e. The van der Waals surface area contributed by atoms with E-state index in [1.54, 1.807) is 0 Å². The summed E-state index contributed by atoms with van der Waals surface area (Å²) in [5, 5.41) is 11.1. The van der Waals surface area contributed by atoms with Crippen molar-refractivity contribution >= 4 is 28.5 Å². The molecule has 0 bridgehead atoms. The highest BCUT2D eigenvalue weighted by Gasteiger charge is 2.28. The molecule has 1 unspecified atom stereocenters. The second-order valence-electron chi connectivity index (χ2n) is 4.92. The van der Waals surface area contributed by atoms with Gasteiger partial charge in [-0.15, -0.1) is 0 Å². The maximum atomic E-state index is 11.1. The predicted molar refractivity (Wildman–Crippen MR) is 71.1 cm³/mol. The molecular formula is C14H14ClNO2.